The highest BCUT2D eigenvalue weighted by Gasteiger charge is 2.18. The third kappa shape index (κ3) is 3.35. The SMILES string of the molecule is CCN(C)c1ccc2c(-c3ccc(I)cc3)c3cc/c(=[N+](/C)[O-])cc-3oc2c1. The summed E-state index contributed by atoms with van der Waals surface area (Å²) in [4.78, 5) is 2.17. The Morgan fingerprint density at radius 1 is 1.04 bits per heavy atom. The molecule has 0 saturated carbocycles. The number of benzene rings is 3. The normalized spacial score (nSPS) is 12.4. The van der Waals surface area contributed by atoms with Crippen LogP contribution in [0.25, 0.3) is 33.4 Å². The summed E-state index contributed by atoms with van der Waals surface area (Å²) in [6.07, 6.45) is 0. The lowest BCUT2D eigenvalue weighted by atomic mass is 9.93. The molecule has 2 aromatic carbocycles. The third-order valence-electron chi connectivity index (χ3n) is 5.10. The van der Waals surface area contributed by atoms with Gasteiger partial charge in [0.15, 0.2) is 0 Å². The zero-order valence-electron chi connectivity index (χ0n) is 16.1. The molecular weight excluding hydrogens is 463 g/mol. The molecule has 0 atom stereocenters. The van der Waals surface area contributed by atoms with Crippen LogP contribution in [0.3, 0.4) is 0 Å². The number of fused-ring (bicyclic) bond motifs is 2. The molecule has 0 aromatic heterocycles. The van der Waals surface area contributed by atoms with E-state index in [0.29, 0.717) is 11.1 Å². The van der Waals surface area contributed by atoms with Gasteiger partial charge in [-0.3, -0.25) is 0 Å². The van der Waals surface area contributed by atoms with Crippen molar-refractivity contribution in [2.75, 3.05) is 25.5 Å². The molecule has 4 nitrogen and oxygen atoms in total. The van der Waals surface area contributed by atoms with Crippen LogP contribution >= 0.6 is 22.6 Å². The molecule has 0 spiro atoms. The van der Waals surface area contributed by atoms with Crippen molar-refractivity contribution in [2.45, 2.75) is 6.92 Å². The summed E-state index contributed by atoms with van der Waals surface area (Å²) in [5.74, 6) is 0.706. The molecule has 0 amide bonds. The molecule has 4 rings (SSSR count). The first-order valence-corrected chi connectivity index (χ1v) is 10.3. The van der Waals surface area contributed by atoms with Crippen LogP contribution in [-0.4, -0.2) is 20.6 Å². The number of hydrogen-bond donors (Lipinski definition) is 0. The van der Waals surface area contributed by atoms with Gasteiger partial charge in [-0.1, -0.05) is 12.1 Å². The van der Waals surface area contributed by atoms with Gasteiger partial charge in [0.2, 0.25) is 5.36 Å². The van der Waals surface area contributed by atoms with Crippen LogP contribution in [0, 0.1) is 8.78 Å². The first-order valence-electron chi connectivity index (χ1n) is 9.19. The minimum atomic E-state index is 0.575. The Morgan fingerprint density at radius 2 is 1.79 bits per heavy atom. The molecule has 1 heterocycles. The molecule has 1 aliphatic carbocycles. The first kappa shape index (κ1) is 18.8. The van der Waals surface area contributed by atoms with Gasteiger partial charge in [-0.15, -0.1) is 0 Å². The maximum Gasteiger partial charge on any atom is 0.214 e. The van der Waals surface area contributed by atoms with E-state index in [1.165, 1.54) is 10.6 Å². The van der Waals surface area contributed by atoms with Crippen LogP contribution < -0.4 is 15.0 Å². The van der Waals surface area contributed by atoms with Crippen molar-refractivity contribution in [3.05, 3.63) is 74.8 Å². The molecule has 0 fully saturated rings. The van der Waals surface area contributed by atoms with Crippen molar-refractivity contribution in [3.63, 3.8) is 0 Å². The van der Waals surface area contributed by atoms with Gasteiger partial charge >= 0.3 is 0 Å². The van der Waals surface area contributed by atoms with Crippen LogP contribution in [0.15, 0.2) is 65.1 Å². The molecule has 1 aliphatic heterocycles. The molecule has 0 N–H and O–H groups in total. The molecule has 0 bridgehead atoms. The Balaban J connectivity index is 2.10. The fourth-order valence-electron chi connectivity index (χ4n) is 3.41. The summed E-state index contributed by atoms with van der Waals surface area (Å²) < 4.78 is 8.31. The lowest BCUT2D eigenvalue weighted by Crippen LogP contribution is -2.19. The second kappa shape index (κ2) is 7.47. The molecule has 142 valence electrons. The second-order valence-corrected chi connectivity index (χ2v) is 8.10. The van der Waals surface area contributed by atoms with Gasteiger partial charge in [-0.2, -0.15) is 0 Å². The van der Waals surface area contributed by atoms with Gasteiger partial charge in [0.05, 0.1) is 6.07 Å². The van der Waals surface area contributed by atoms with Crippen molar-refractivity contribution in [1.82, 2.24) is 4.74 Å². The van der Waals surface area contributed by atoms with Crippen molar-refractivity contribution >= 4 is 39.2 Å². The van der Waals surface area contributed by atoms with Crippen LogP contribution in [-0.2, 0) is 0 Å². The maximum atomic E-state index is 11.8. The summed E-state index contributed by atoms with van der Waals surface area (Å²) in [5.41, 5.74) is 5.16. The molecule has 0 unspecified atom stereocenters. The Labute approximate surface area is 177 Å². The number of halogens is 1. The van der Waals surface area contributed by atoms with E-state index in [0.717, 1.165) is 44.6 Å². The molecular formula is C23H21IN2O2. The van der Waals surface area contributed by atoms with E-state index in [1.54, 1.807) is 0 Å². The summed E-state index contributed by atoms with van der Waals surface area (Å²) in [7, 11) is 3.56. The highest BCUT2D eigenvalue weighted by molar-refractivity contribution is 14.1. The zero-order valence-corrected chi connectivity index (χ0v) is 18.2. The molecule has 0 radical (unpaired) electrons. The summed E-state index contributed by atoms with van der Waals surface area (Å²) in [6.45, 7) is 3.03. The molecule has 2 aliphatic rings. The number of nitrogens with zero attached hydrogens (tertiary/aromatic N) is 2. The predicted octanol–water partition coefficient (Wildman–Crippen LogP) is 5.17. The fourth-order valence-corrected chi connectivity index (χ4v) is 3.77. The smallest absolute Gasteiger partial charge is 0.214 e. The highest BCUT2D eigenvalue weighted by Crippen LogP contribution is 2.40. The Bertz CT molecular complexity index is 1190. The van der Waals surface area contributed by atoms with Crippen molar-refractivity contribution in [2.24, 2.45) is 0 Å². The molecule has 28 heavy (non-hydrogen) atoms. The number of hydroxylamine groups is 1. The summed E-state index contributed by atoms with van der Waals surface area (Å²) in [6, 6.07) is 20.4. The van der Waals surface area contributed by atoms with E-state index in [4.69, 9.17) is 4.42 Å². The van der Waals surface area contributed by atoms with Gasteiger partial charge in [-0.25, -0.2) is 4.74 Å². The zero-order chi connectivity index (χ0) is 19.8. The summed E-state index contributed by atoms with van der Waals surface area (Å²) >= 11 is 2.31. The van der Waals surface area contributed by atoms with E-state index in [-0.39, 0.29) is 0 Å². The Morgan fingerprint density at radius 3 is 2.46 bits per heavy atom. The van der Waals surface area contributed by atoms with Gasteiger partial charge in [0, 0.05) is 51.5 Å². The largest absolute Gasteiger partial charge is 0.624 e. The monoisotopic (exact) mass is 484 g/mol. The van der Waals surface area contributed by atoms with Crippen molar-refractivity contribution < 1.29 is 4.42 Å². The van der Waals surface area contributed by atoms with E-state index in [1.807, 2.05) is 18.2 Å². The van der Waals surface area contributed by atoms with Crippen molar-refractivity contribution in [3.8, 4) is 22.5 Å². The second-order valence-electron chi connectivity index (χ2n) is 6.86. The van der Waals surface area contributed by atoms with E-state index in [9.17, 15) is 5.21 Å². The molecule has 2 aromatic rings. The van der Waals surface area contributed by atoms with E-state index >= 15 is 0 Å². The molecule has 5 heteroatoms. The predicted molar refractivity (Wildman–Crippen MR) is 124 cm³/mol. The minimum Gasteiger partial charge on any atom is -0.624 e. The fraction of sp³-hybridized carbons (Fsp3) is 0.174. The van der Waals surface area contributed by atoms with Gasteiger partial charge < -0.3 is 14.5 Å². The average Bonchev–Trinajstić information content (AvgIpc) is 2.71. The topological polar surface area (TPSA) is 42.5 Å². The minimum absolute atomic E-state index is 0.575. The lowest BCUT2D eigenvalue weighted by Gasteiger charge is -2.19. The van der Waals surface area contributed by atoms with E-state index in [2.05, 4.69) is 83.9 Å². The highest BCUT2D eigenvalue weighted by atomic mass is 127. The first-order chi connectivity index (χ1) is 13.5. The Hall–Kier alpha value is -2.54. The van der Waals surface area contributed by atoms with Crippen LogP contribution in [0.1, 0.15) is 6.92 Å². The number of rotatable bonds is 3. The lowest BCUT2D eigenvalue weighted by molar-refractivity contribution is 0.618. The van der Waals surface area contributed by atoms with Crippen LogP contribution in [0.4, 0.5) is 5.69 Å². The van der Waals surface area contributed by atoms with Crippen LogP contribution in [0.5, 0.6) is 0 Å². The van der Waals surface area contributed by atoms with Gasteiger partial charge in [-0.05, 0) is 65.4 Å². The number of anilines is 1. The Kier molecular flexibility index (Phi) is 5.02. The van der Waals surface area contributed by atoms with Crippen molar-refractivity contribution in [1.29, 1.82) is 0 Å². The third-order valence-corrected chi connectivity index (χ3v) is 5.82. The quantitative estimate of drug-likeness (QED) is 0.175. The van der Waals surface area contributed by atoms with E-state index < -0.39 is 0 Å². The number of hydrogen-bond acceptors (Lipinski definition) is 3. The maximum absolute atomic E-state index is 11.8. The summed E-state index contributed by atoms with van der Waals surface area (Å²) in [5, 5.41) is 13.4. The van der Waals surface area contributed by atoms with Crippen LogP contribution in [0.2, 0.25) is 0 Å². The average molecular weight is 484 g/mol. The van der Waals surface area contributed by atoms with Gasteiger partial charge in [0.25, 0.3) is 0 Å². The molecule has 0 saturated heterocycles. The van der Waals surface area contributed by atoms with Gasteiger partial charge in [0.1, 0.15) is 18.4 Å². The standard InChI is InChI=1S/C23H21IN2O2/c1-4-25(2)17-9-11-19-21(13-17)28-22-14-18(26(3)27)10-12-20(22)23(19)15-5-7-16(24)8-6-15/h5-14H,4H2,1-3H3/b26-18+.